The summed E-state index contributed by atoms with van der Waals surface area (Å²) in [6.07, 6.45) is 3.75. The predicted molar refractivity (Wildman–Crippen MR) is 101 cm³/mol. The van der Waals surface area contributed by atoms with Gasteiger partial charge >= 0.3 is 0 Å². The highest BCUT2D eigenvalue weighted by molar-refractivity contribution is 6.21. The van der Waals surface area contributed by atoms with Gasteiger partial charge in [-0.3, -0.25) is 19.3 Å². The number of benzene rings is 2. The molecule has 4 rings (SSSR count). The zero-order chi connectivity index (χ0) is 18.9. The molecule has 1 N–H and O–H groups in total. The molecule has 27 heavy (non-hydrogen) atoms. The van der Waals surface area contributed by atoms with Gasteiger partial charge in [-0.05, 0) is 43.4 Å². The average molecular weight is 362 g/mol. The van der Waals surface area contributed by atoms with E-state index >= 15 is 0 Å². The van der Waals surface area contributed by atoms with Gasteiger partial charge in [-0.25, -0.2) is 0 Å². The molecule has 0 spiro atoms. The molecule has 0 saturated heterocycles. The van der Waals surface area contributed by atoms with Gasteiger partial charge in [-0.1, -0.05) is 42.5 Å². The third-order valence-electron chi connectivity index (χ3n) is 5.58. The van der Waals surface area contributed by atoms with E-state index in [4.69, 9.17) is 0 Å². The highest BCUT2D eigenvalue weighted by atomic mass is 16.2. The van der Waals surface area contributed by atoms with Crippen LogP contribution in [0.15, 0.2) is 54.6 Å². The molecule has 5 heteroatoms. The first-order valence-electron chi connectivity index (χ1n) is 9.42. The minimum Gasteiger partial charge on any atom is -0.347 e. The van der Waals surface area contributed by atoms with Crippen LogP contribution in [0.1, 0.15) is 58.4 Å². The van der Waals surface area contributed by atoms with Gasteiger partial charge in [0, 0.05) is 13.0 Å². The molecule has 138 valence electrons. The van der Waals surface area contributed by atoms with Crippen molar-refractivity contribution in [1.29, 1.82) is 0 Å². The van der Waals surface area contributed by atoms with Crippen molar-refractivity contribution in [2.45, 2.75) is 37.6 Å². The molecule has 2 aromatic carbocycles. The molecule has 2 aliphatic rings. The van der Waals surface area contributed by atoms with E-state index < -0.39 is 0 Å². The van der Waals surface area contributed by atoms with Crippen LogP contribution >= 0.6 is 0 Å². The predicted octanol–water partition coefficient (Wildman–Crippen LogP) is 3.26. The van der Waals surface area contributed by atoms with Gasteiger partial charge in [0.25, 0.3) is 11.8 Å². The number of nitrogens with zero attached hydrogens (tertiary/aromatic N) is 1. The zero-order valence-corrected chi connectivity index (χ0v) is 15.1. The van der Waals surface area contributed by atoms with Crippen LogP contribution in [0.5, 0.6) is 0 Å². The fourth-order valence-electron chi connectivity index (χ4n) is 3.94. The van der Waals surface area contributed by atoms with Crippen molar-refractivity contribution >= 4 is 17.7 Å². The van der Waals surface area contributed by atoms with Crippen LogP contribution in [0.25, 0.3) is 0 Å². The van der Waals surface area contributed by atoms with E-state index in [2.05, 4.69) is 17.4 Å². The van der Waals surface area contributed by atoms with Crippen LogP contribution in [-0.4, -0.2) is 29.2 Å². The van der Waals surface area contributed by atoms with Crippen LogP contribution in [0, 0.1) is 0 Å². The summed E-state index contributed by atoms with van der Waals surface area (Å²) in [4.78, 5) is 38.4. The van der Waals surface area contributed by atoms with E-state index in [9.17, 15) is 14.4 Å². The topological polar surface area (TPSA) is 66.5 Å². The summed E-state index contributed by atoms with van der Waals surface area (Å²) in [7, 11) is 0. The van der Waals surface area contributed by atoms with E-state index in [1.807, 2.05) is 18.2 Å². The van der Waals surface area contributed by atoms with E-state index in [0.29, 0.717) is 24.0 Å². The Morgan fingerprint density at radius 2 is 1.52 bits per heavy atom. The van der Waals surface area contributed by atoms with Crippen LogP contribution in [0.4, 0.5) is 0 Å². The summed E-state index contributed by atoms with van der Waals surface area (Å²) in [6.45, 7) is 0.262. The molecular formula is C22H22N2O3. The second-order valence-electron chi connectivity index (χ2n) is 7.26. The van der Waals surface area contributed by atoms with Gasteiger partial charge in [0.15, 0.2) is 0 Å². The Morgan fingerprint density at radius 1 is 0.926 bits per heavy atom. The van der Waals surface area contributed by atoms with Gasteiger partial charge in [-0.2, -0.15) is 0 Å². The lowest BCUT2D eigenvalue weighted by molar-refractivity contribution is -0.124. The first-order chi connectivity index (χ1) is 13.1. The highest BCUT2D eigenvalue weighted by Crippen LogP contribution is 2.41. The quantitative estimate of drug-likeness (QED) is 0.802. The van der Waals surface area contributed by atoms with Gasteiger partial charge in [0.05, 0.1) is 16.7 Å². The largest absolute Gasteiger partial charge is 0.347 e. The Balaban J connectivity index is 1.33. The van der Waals surface area contributed by atoms with Crippen molar-refractivity contribution in [2.75, 3.05) is 6.54 Å². The van der Waals surface area contributed by atoms with Crippen LogP contribution in [0.3, 0.4) is 0 Å². The lowest BCUT2D eigenvalue weighted by Gasteiger charge is -2.43. The Labute approximate surface area is 158 Å². The number of fused-ring (bicyclic) bond motifs is 1. The third-order valence-corrected chi connectivity index (χ3v) is 5.58. The third kappa shape index (κ3) is 3.14. The number of imide groups is 1. The van der Waals surface area contributed by atoms with Crippen molar-refractivity contribution in [2.24, 2.45) is 0 Å². The molecular weight excluding hydrogens is 340 g/mol. The van der Waals surface area contributed by atoms with Crippen molar-refractivity contribution in [3.63, 3.8) is 0 Å². The average Bonchev–Trinajstić information content (AvgIpc) is 2.91. The first-order valence-corrected chi connectivity index (χ1v) is 9.42. The van der Waals surface area contributed by atoms with Crippen LogP contribution in [0.2, 0.25) is 0 Å². The summed E-state index contributed by atoms with van der Waals surface area (Å²) >= 11 is 0. The van der Waals surface area contributed by atoms with E-state index in [1.165, 1.54) is 4.90 Å². The maximum atomic E-state index is 12.5. The van der Waals surface area contributed by atoms with E-state index in [-0.39, 0.29) is 29.8 Å². The van der Waals surface area contributed by atoms with Crippen molar-refractivity contribution in [3.8, 4) is 0 Å². The summed E-state index contributed by atoms with van der Waals surface area (Å²) < 4.78 is 0. The number of hydrogen-bond acceptors (Lipinski definition) is 3. The molecule has 0 aromatic heterocycles. The number of carbonyl (C=O) groups excluding carboxylic acids is 3. The van der Waals surface area contributed by atoms with Gasteiger partial charge in [-0.15, -0.1) is 0 Å². The molecule has 0 unspecified atom stereocenters. The standard InChI is InChI=1S/C22H22N2O3/c25-19(23-22(13-7-14-22)16-8-2-1-3-9-16)12-6-15-24-20(26)17-10-4-5-11-18(17)21(24)27/h1-5,8-11H,6-7,12-15H2,(H,23,25). The minimum absolute atomic E-state index is 0.0323. The summed E-state index contributed by atoms with van der Waals surface area (Å²) in [5, 5.41) is 3.18. The number of carbonyl (C=O) groups is 3. The van der Waals surface area contributed by atoms with Gasteiger partial charge < -0.3 is 5.32 Å². The molecule has 2 aromatic rings. The smallest absolute Gasteiger partial charge is 0.261 e. The molecule has 0 atom stereocenters. The maximum absolute atomic E-state index is 12.5. The molecule has 1 aliphatic heterocycles. The number of rotatable bonds is 6. The lowest BCUT2D eigenvalue weighted by atomic mass is 9.71. The molecule has 5 nitrogen and oxygen atoms in total. The molecule has 3 amide bonds. The van der Waals surface area contributed by atoms with Crippen LogP contribution < -0.4 is 5.32 Å². The minimum atomic E-state index is -0.268. The van der Waals surface area contributed by atoms with Crippen LogP contribution in [-0.2, 0) is 10.3 Å². The summed E-state index contributed by atoms with van der Waals surface area (Å²) in [6, 6.07) is 16.9. The summed E-state index contributed by atoms with van der Waals surface area (Å²) in [5.74, 6) is -0.568. The monoisotopic (exact) mass is 362 g/mol. The Bertz CT molecular complexity index is 852. The first kappa shape index (κ1) is 17.5. The molecule has 0 radical (unpaired) electrons. The van der Waals surface area contributed by atoms with E-state index in [0.717, 1.165) is 24.8 Å². The summed E-state index contributed by atoms with van der Waals surface area (Å²) in [5.41, 5.74) is 1.78. The van der Waals surface area contributed by atoms with Crippen molar-refractivity contribution < 1.29 is 14.4 Å². The second-order valence-corrected chi connectivity index (χ2v) is 7.26. The fraction of sp³-hybridized carbons (Fsp3) is 0.318. The van der Waals surface area contributed by atoms with Gasteiger partial charge in [0.2, 0.25) is 5.91 Å². The molecule has 1 saturated carbocycles. The molecule has 1 fully saturated rings. The maximum Gasteiger partial charge on any atom is 0.261 e. The number of nitrogens with one attached hydrogen (secondary N) is 1. The Morgan fingerprint density at radius 3 is 2.07 bits per heavy atom. The normalized spacial score (nSPS) is 17.4. The fourth-order valence-corrected chi connectivity index (χ4v) is 3.94. The zero-order valence-electron chi connectivity index (χ0n) is 15.1. The highest BCUT2D eigenvalue weighted by Gasteiger charge is 2.40. The van der Waals surface area contributed by atoms with E-state index in [1.54, 1.807) is 24.3 Å². The Kier molecular flexibility index (Phi) is 4.52. The van der Waals surface area contributed by atoms with Gasteiger partial charge in [0.1, 0.15) is 0 Å². The molecule has 1 aliphatic carbocycles. The van der Waals surface area contributed by atoms with Crippen molar-refractivity contribution in [3.05, 3.63) is 71.3 Å². The number of hydrogen-bond donors (Lipinski definition) is 1. The molecule has 1 heterocycles. The number of amides is 3. The van der Waals surface area contributed by atoms with Crippen molar-refractivity contribution in [1.82, 2.24) is 10.2 Å². The second kappa shape index (κ2) is 6.99. The SMILES string of the molecule is O=C(CCCN1C(=O)c2ccccc2C1=O)NC1(c2ccccc2)CCC1. The Hall–Kier alpha value is -2.95. The molecule has 0 bridgehead atoms. The lowest BCUT2D eigenvalue weighted by Crippen LogP contribution is -2.50.